The molecule has 0 radical (unpaired) electrons. The van der Waals surface area contributed by atoms with E-state index in [1.54, 1.807) is 0 Å². The van der Waals surface area contributed by atoms with Crippen molar-refractivity contribution in [2.45, 2.75) is 25.9 Å². The van der Waals surface area contributed by atoms with Crippen LogP contribution in [0.25, 0.3) is 0 Å². The normalized spacial score (nSPS) is 15.1. The zero-order valence-electron chi connectivity index (χ0n) is 11.6. The van der Waals surface area contributed by atoms with Crippen LogP contribution >= 0.6 is 0 Å². The third kappa shape index (κ3) is 3.70. The number of nitrogens with one attached hydrogen (secondary N) is 1. The van der Waals surface area contributed by atoms with E-state index in [2.05, 4.69) is 59.9 Å². The average Bonchev–Trinajstić information content (AvgIpc) is 3.34. The van der Waals surface area contributed by atoms with Gasteiger partial charge in [0.1, 0.15) is 5.84 Å². The molecule has 2 nitrogen and oxygen atoms in total. The summed E-state index contributed by atoms with van der Waals surface area (Å²) in [7, 11) is 0. The summed E-state index contributed by atoms with van der Waals surface area (Å²) >= 11 is 0. The van der Waals surface area contributed by atoms with Crippen LogP contribution in [0.5, 0.6) is 0 Å². The fraction of sp³-hybridized carbons (Fsp3) is 0.278. The molecule has 2 heteroatoms. The smallest absolute Gasteiger partial charge is 0.100 e. The highest BCUT2D eigenvalue weighted by Crippen LogP contribution is 2.30. The van der Waals surface area contributed by atoms with Crippen molar-refractivity contribution in [2.75, 3.05) is 0 Å². The Hall–Kier alpha value is -2.09. The second kappa shape index (κ2) is 6.38. The van der Waals surface area contributed by atoms with Gasteiger partial charge in [-0.15, -0.1) is 0 Å². The summed E-state index contributed by atoms with van der Waals surface area (Å²) in [5.41, 5.74) is 2.58. The van der Waals surface area contributed by atoms with Crippen molar-refractivity contribution < 1.29 is 0 Å². The van der Waals surface area contributed by atoms with Gasteiger partial charge in [-0.25, -0.2) is 0 Å². The van der Waals surface area contributed by atoms with E-state index in [1.807, 2.05) is 6.07 Å². The monoisotopic (exact) mass is 264 g/mol. The van der Waals surface area contributed by atoms with E-state index in [-0.39, 0.29) is 0 Å². The summed E-state index contributed by atoms with van der Waals surface area (Å²) in [6.07, 6.45) is 2.55. The van der Waals surface area contributed by atoms with Crippen LogP contribution in [0.15, 0.2) is 65.7 Å². The van der Waals surface area contributed by atoms with Gasteiger partial charge in [0.2, 0.25) is 0 Å². The Labute approximate surface area is 120 Å². The Balaban J connectivity index is 1.61. The van der Waals surface area contributed by atoms with Crippen LogP contribution in [0.4, 0.5) is 0 Å². The number of aliphatic imine (C=N–C) groups is 1. The first-order valence-corrected chi connectivity index (χ1v) is 7.28. The lowest BCUT2D eigenvalue weighted by molar-refractivity contribution is 0.853. The van der Waals surface area contributed by atoms with E-state index in [0.717, 1.165) is 13.1 Å². The van der Waals surface area contributed by atoms with E-state index in [1.165, 1.54) is 29.8 Å². The maximum Gasteiger partial charge on any atom is 0.100 e. The lowest BCUT2D eigenvalue weighted by atomic mass is 10.2. The molecule has 0 bridgehead atoms. The molecule has 0 atom stereocenters. The second-order valence-electron chi connectivity index (χ2n) is 5.30. The van der Waals surface area contributed by atoms with Crippen molar-refractivity contribution in [1.82, 2.24) is 5.32 Å². The van der Waals surface area contributed by atoms with Crippen LogP contribution in [0, 0.1) is 5.92 Å². The second-order valence-corrected chi connectivity index (χ2v) is 5.30. The van der Waals surface area contributed by atoms with Crippen LogP contribution < -0.4 is 5.32 Å². The zero-order valence-corrected chi connectivity index (χ0v) is 11.6. The molecule has 1 aliphatic carbocycles. The molecule has 0 unspecified atom stereocenters. The molecule has 0 saturated heterocycles. The molecule has 102 valence electrons. The average molecular weight is 264 g/mol. The molecule has 1 aliphatic rings. The largest absolute Gasteiger partial charge is 0.370 e. The highest BCUT2D eigenvalue weighted by Gasteiger charge is 2.27. The summed E-state index contributed by atoms with van der Waals surface area (Å²) < 4.78 is 0. The van der Waals surface area contributed by atoms with Gasteiger partial charge in [-0.3, -0.25) is 4.99 Å². The SMILES string of the molecule is c1ccc(CN=C(NCc2ccccc2)C2CC2)cc1. The first-order valence-electron chi connectivity index (χ1n) is 7.28. The maximum absolute atomic E-state index is 4.78. The van der Waals surface area contributed by atoms with E-state index < -0.39 is 0 Å². The minimum absolute atomic E-state index is 0.655. The Morgan fingerprint density at radius 1 is 0.900 bits per heavy atom. The zero-order chi connectivity index (χ0) is 13.6. The standard InChI is InChI=1S/C18H20N2/c1-3-7-15(8-4-1)13-19-18(17-11-12-17)20-14-16-9-5-2-6-10-16/h1-10,17H,11-14H2,(H,19,20). The third-order valence-electron chi connectivity index (χ3n) is 3.56. The molecule has 1 saturated carbocycles. The molecular weight excluding hydrogens is 244 g/mol. The van der Waals surface area contributed by atoms with Crippen molar-refractivity contribution in [3.05, 3.63) is 71.8 Å². The maximum atomic E-state index is 4.78. The minimum atomic E-state index is 0.655. The number of nitrogens with zero attached hydrogens (tertiary/aromatic N) is 1. The quantitative estimate of drug-likeness (QED) is 0.645. The summed E-state index contributed by atoms with van der Waals surface area (Å²) in [5, 5.41) is 3.52. The van der Waals surface area contributed by atoms with Gasteiger partial charge in [-0.1, -0.05) is 60.7 Å². The van der Waals surface area contributed by atoms with Gasteiger partial charge in [0.25, 0.3) is 0 Å². The molecule has 0 heterocycles. The summed E-state index contributed by atoms with van der Waals surface area (Å²) in [5.74, 6) is 1.83. The van der Waals surface area contributed by atoms with Crippen LogP contribution in [-0.2, 0) is 13.1 Å². The summed E-state index contributed by atoms with van der Waals surface area (Å²) in [6.45, 7) is 1.64. The first kappa shape index (κ1) is 12.9. The molecule has 1 fully saturated rings. The molecule has 0 aromatic heterocycles. The number of benzene rings is 2. The number of amidine groups is 1. The molecule has 2 aromatic rings. The first-order chi connectivity index (χ1) is 9.92. The topological polar surface area (TPSA) is 24.4 Å². The van der Waals surface area contributed by atoms with Crippen molar-refractivity contribution in [3.63, 3.8) is 0 Å². The Morgan fingerprint density at radius 3 is 2.10 bits per heavy atom. The van der Waals surface area contributed by atoms with Crippen molar-refractivity contribution in [1.29, 1.82) is 0 Å². The summed E-state index contributed by atoms with van der Waals surface area (Å²) in [4.78, 5) is 4.78. The Kier molecular flexibility index (Phi) is 4.12. The van der Waals surface area contributed by atoms with Gasteiger partial charge in [-0.2, -0.15) is 0 Å². The van der Waals surface area contributed by atoms with Crippen molar-refractivity contribution in [3.8, 4) is 0 Å². The van der Waals surface area contributed by atoms with Crippen LogP contribution in [-0.4, -0.2) is 5.84 Å². The van der Waals surface area contributed by atoms with Gasteiger partial charge in [0, 0.05) is 12.5 Å². The lowest BCUT2D eigenvalue weighted by Crippen LogP contribution is -2.25. The fourth-order valence-corrected chi connectivity index (χ4v) is 2.23. The predicted molar refractivity (Wildman–Crippen MR) is 83.6 cm³/mol. The van der Waals surface area contributed by atoms with Crippen molar-refractivity contribution in [2.24, 2.45) is 10.9 Å². The predicted octanol–water partition coefficient (Wildman–Crippen LogP) is 3.78. The number of rotatable bonds is 5. The van der Waals surface area contributed by atoms with Crippen molar-refractivity contribution >= 4 is 5.84 Å². The number of hydrogen-bond donors (Lipinski definition) is 1. The van der Waals surface area contributed by atoms with E-state index >= 15 is 0 Å². The Morgan fingerprint density at radius 2 is 1.50 bits per heavy atom. The van der Waals surface area contributed by atoms with Crippen LogP contribution in [0.1, 0.15) is 24.0 Å². The van der Waals surface area contributed by atoms with E-state index in [9.17, 15) is 0 Å². The van der Waals surface area contributed by atoms with Gasteiger partial charge in [-0.05, 0) is 24.0 Å². The molecule has 2 aromatic carbocycles. The third-order valence-corrected chi connectivity index (χ3v) is 3.56. The van der Waals surface area contributed by atoms with Crippen LogP contribution in [0.2, 0.25) is 0 Å². The fourth-order valence-electron chi connectivity index (χ4n) is 2.23. The van der Waals surface area contributed by atoms with Gasteiger partial charge in [0.15, 0.2) is 0 Å². The highest BCUT2D eigenvalue weighted by molar-refractivity contribution is 5.86. The number of hydrogen-bond acceptors (Lipinski definition) is 1. The summed E-state index contributed by atoms with van der Waals surface area (Å²) in [6, 6.07) is 20.9. The van der Waals surface area contributed by atoms with Crippen LogP contribution in [0.3, 0.4) is 0 Å². The molecule has 0 aliphatic heterocycles. The molecule has 1 N–H and O–H groups in total. The lowest BCUT2D eigenvalue weighted by Gasteiger charge is -2.09. The van der Waals surface area contributed by atoms with E-state index in [0.29, 0.717) is 5.92 Å². The molecule has 3 rings (SSSR count). The van der Waals surface area contributed by atoms with Gasteiger partial charge in [0.05, 0.1) is 6.54 Å². The minimum Gasteiger partial charge on any atom is -0.370 e. The molecule has 0 amide bonds. The van der Waals surface area contributed by atoms with Gasteiger partial charge >= 0.3 is 0 Å². The molecule has 20 heavy (non-hydrogen) atoms. The Bertz CT molecular complexity index is 556. The molecular formula is C18H20N2. The molecule has 0 spiro atoms. The highest BCUT2D eigenvalue weighted by atomic mass is 15.0. The van der Waals surface area contributed by atoms with E-state index in [4.69, 9.17) is 4.99 Å². The van der Waals surface area contributed by atoms with Gasteiger partial charge < -0.3 is 5.32 Å².